The Balaban J connectivity index is 3.47. The van der Waals surface area contributed by atoms with E-state index in [0.29, 0.717) is 0 Å². The number of carbonyl (C=O) groups excluding carboxylic acids is 1. The second kappa shape index (κ2) is 18.7. The Hall–Kier alpha value is -0.610. The summed E-state index contributed by atoms with van der Waals surface area (Å²) in [7, 11) is 4.13. The summed E-state index contributed by atoms with van der Waals surface area (Å²) < 4.78 is 0. The Morgan fingerprint density at radius 2 is 1.22 bits per heavy atom. The van der Waals surface area contributed by atoms with Gasteiger partial charge in [-0.05, 0) is 52.7 Å². The van der Waals surface area contributed by atoms with E-state index >= 15 is 0 Å². The van der Waals surface area contributed by atoms with Gasteiger partial charge in [-0.15, -0.1) is 0 Å². The quantitative estimate of drug-likeness (QED) is 0.281. The lowest BCUT2D eigenvalue weighted by molar-refractivity contribution is -0.122. The van der Waals surface area contributed by atoms with E-state index in [1.54, 1.807) is 0 Å². The number of nitrogens with zero attached hydrogens (tertiary/aromatic N) is 1. The summed E-state index contributed by atoms with van der Waals surface area (Å²) in [4.78, 5) is 13.7. The van der Waals surface area contributed by atoms with Crippen molar-refractivity contribution in [2.45, 2.75) is 116 Å². The number of carbonyl (C=O) groups is 1. The van der Waals surface area contributed by atoms with Crippen LogP contribution in [0.5, 0.6) is 0 Å². The molecule has 0 saturated heterocycles. The first kappa shape index (κ1) is 26.4. The van der Waals surface area contributed by atoms with Crippen molar-refractivity contribution in [2.75, 3.05) is 20.6 Å². The predicted molar refractivity (Wildman–Crippen MR) is 117 cm³/mol. The van der Waals surface area contributed by atoms with E-state index in [2.05, 4.69) is 25.9 Å². The number of rotatable bonds is 20. The van der Waals surface area contributed by atoms with E-state index in [-0.39, 0.29) is 17.9 Å². The van der Waals surface area contributed by atoms with Crippen LogP contribution in [0.4, 0.5) is 0 Å². The average Bonchev–Trinajstić information content (AvgIpc) is 2.61. The van der Waals surface area contributed by atoms with Crippen molar-refractivity contribution in [3.63, 3.8) is 0 Å². The van der Waals surface area contributed by atoms with Gasteiger partial charge in [-0.3, -0.25) is 4.79 Å². The Morgan fingerprint density at radius 1 is 0.778 bits per heavy atom. The lowest BCUT2D eigenvalue weighted by Gasteiger charge is -2.15. The van der Waals surface area contributed by atoms with E-state index in [9.17, 15) is 9.90 Å². The van der Waals surface area contributed by atoms with Crippen LogP contribution < -0.4 is 5.73 Å². The molecule has 0 aromatic carbocycles. The van der Waals surface area contributed by atoms with Gasteiger partial charge in [-0.2, -0.15) is 0 Å². The lowest BCUT2D eigenvalue weighted by atomic mass is 9.95. The zero-order valence-electron chi connectivity index (χ0n) is 18.6. The molecule has 0 rings (SSSR count). The van der Waals surface area contributed by atoms with Crippen LogP contribution >= 0.6 is 0 Å². The van der Waals surface area contributed by atoms with Crippen molar-refractivity contribution in [3.8, 4) is 0 Å². The zero-order valence-corrected chi connectivity index (χ0v) is 18.6. The standard InChI is InChI=1S/C23H48N2O2/c1-4-5-6-13-18-22(26)19-14-11-9-7-8-10-12-16-21(23(24)27)17-15-20-25(2)3/h21-22,26H,4-20H2,1-3H3,(H2,24,27). The molecule has 27 heavy (non-hydrogen) atoms. The predicted octanol–water partition coefficient (Wildman–Crippen LogP) is 5.27. The van der Waals surface area contributed by atoms with Gasteiger partial charge in [0.25, 0.3) is 0 Å². The number of unbranched alkanes of at least 4 members (excludes halogenated alkanes) is 9. The van der Waals surface area contributed by atoms with Gasteiger partial charge in [0.15, 0.2) is 0 Å². The summed E-state index contributed by atoms with van der Waals surface area (Å²) in [6, 6.07) is 0. The molecule has 0 aliphatic heterocycles. The highest BCUT2D eigenvalue weighted by atomic mass is 16.3. The van der Waals surface area contributed by atoms with Crippen molar-refractivity contribution >= 4 is 5.91 Å². The van der Waals surface area contributed by atoms with Crippen LogP contribution in [0.15, 0.2) is 0 Å². The lowest BCUT2D eigenvalue weighted by Crippen LogP contribution is -2.24. The Kier molecular flexibility index (Phi) is 18.3. The molecule has 4 nitrogen and oxygen atoms in total. The normalized spacial score (nSPS) is 13.8. The summed E-state index contributed by atoms with van der Waals surface area (Å²) in [6.45, 7) is 3.25. The number of aliphatic hydroxyl groups is 1. The highest BCUT2D eigenvalue weighted by Crippen LogP contribution is 2.18. The first-order valence-corrected chi connectivity index (χ1v) is 11.6. The zero-order chi connectivity index (χ0) is 20.3. The topological polar surface area (TPSA) is 66.6 Å². The van der Waals surface area contributed by atoms with Crippen molar-refractivity contribution in [2.24, 2.45) is 11.7 Å². The number of aliphatic hydroxyl groups excluding tert-OH is 1. The summed E-state index contributed by atoms with van der Waals surface area (Å²) in [6.07, 6.45) is 18.3. The largest absolute Gasteiger partial charge is 0.393 e. The second-order valence-corrected chi connectivity index (χ2v) is 8.60. The van der Waals surface area contributed by atoms with Crippen LogP contribution in [-0.2, 0) is 4.79 Å². The minimum atomic E-state index is -0.123. The van der Waals surface area contributed by atoms with Crippen molar-refractivity contribution < 1.29 is 9.90 Å². The van der Waals surface area contributed by atoms with Gasteiger partial charge >= 0.3 is 0 Å². The fourth-order valence-corrected chi connectivity index (χ4v) is 3.69. The minimum Gasteiger partial charge on any atom is -0.393 e. The molecule has 162 valence electrons. The number of hydrogen-bond acceptors (Lipinski definition) is 3. The van der Waals surface area contributed by atoms with Crippen molar-refractivity contribution in [1.82, 2.24) is 4.90 Å². The minimum absolute atomic E-state index is 0.0590. The van der Waals surface area contributed by atoms with Crippen LogP contribution in [-0.4, -0.2) is 42.7 Å². The van der Waals surface area contributed by atoms with Crippen molar-refractivity contribution in [3.05, 3.63) is 0 Å². The molecule has 4 heteroatoms. The third kappa shape index (κ3) is 18.5. The molecule has 3 N–H and O–H groups in total. The van der Waals surface area contributed by atoms with E-state index in [0.717, 1.165) is 51.5 Å². The van der Waals surface area contributed by atoms with Crippen LogP contribution in [0.25, 0.3) is 0 Å². The van der Waals surface area contributed by atoms with Crippen LogP contribution in [0, 0.1) is 5.92 Å². The Bertz CT molecular complexity index is 334. The molecule has 1 amide bonds. The van der Waals surface area contributed by atoms with E-state index in [4.69, 9.17) is 5.73 Å². The smallest absolute Gasteiger partial charge is 0.220 e. The number of hydrogen-bond donors (Lipinski definition) is 2. The molecule has 0 aliphatic carbocycles. The van der Waals surface area contributed by atoms with Gasteiger partial charge in [0.1, 0.15) is 0 Å². The summed E-state index contributed by atoms with van der Waals surface area (Å²) in [5.41, 5.74) is 5.55. The SMILES string of the molecule is CCCCCCC(O)CCCCCCCCCC(CCCN(C)C)C(N)=O. The molecule has 0 spiro atoms. The fraction of sp³-hybridized carbons (Fsp3) is 0.957. The Labute approximate surface area is 169 Å². The molecule has 2 atom stereocenters. The maximum Gasteiger partial charge on any atom is 0.220 e. The van der Waals surface area contributed by atoms with Gasteiger partial charge in [-0.25, -0.2) is 0 Å². The maximum absolute atomic E-state index is 11.6. The molecular formula is C23H48N2O2. The monoisotopic (exact) mass is 384 g/mol. The molecule has 0 saturated carbocycles. The van der Waals surface area contributed by atoms with Gasteiger partial charge in [0.2, 0.25) is 5.91 Å². The fourth-order valence-electron chi connectivity index (χ4n) is 3.69. The van der Waals surface area contributed by atoms with Gasteiger partial charge in [0.05, 0.1) is 6.10 Å². The maximum atomic E-state index is 11.6. The van der Waals surface area contributed by atoms with Gasteiger partial charge in [-0.1, -0.05) is 77.6 Å². The van der Waals surface area contributed by atoms with Gasteiger partial charge < -0.3 is 15.7 Å². The first-order valence-electron chi connectivity index (χ1n) is 11.6. The van der Waals surface area contributed by atoms with E-state index < -0.39 is 0 Å². The molecule has 2 unspecified atom stereocenters. The molecule has 0 bridgehead atoms. The first-order chi connectivity index (χ1) is 13.0. The summed E-state index contributed by atoms with van der Waals surface area (Å²) in [5.74, 6) is -0.0641. The summed E-state index contributed by atoms with van der Waals surface area (Å²) >= 11 is 0. The van der Waals surface area contributed by atoms with Crippen LogP contribution in [0.1, 0.15) is 110 Å². The van der Waals surface area contributed by atoms with E-state index in [1.165, 1.54) is 57.8 Å². The molecule has 0 fully saturated rings. The van der Waals surface area contributed by atoms with E-state index in [1.807, 2.05) is 0 Å². The molecule has 0 aromatic heterocycles. The second-order valence-electron chi connectivity index (χ2n) is 8.60. The molecule has 0 radical (unpaired) electrons. The average molecular weight is 385 g/mol. The van der Waals surface area contributed by atoms with Crippen LogP contribution in [0.3, 0.4) is 0 Å². The molecule has 0 aromatic rings. The Morgan fingerprint density at radius 3 is 1.70 bits per heavy atom. The number of primary amides is 1. The molecular weight excluding hydrogens is 336 g/mol. The number of amides is 1. The number of nitrogens with two attached hydrogens (primary N) is 1. The third-order valence-corrected chi connectivity index (χ3v) is 5.54. The van der Waals surface area contributed by atoms with Crippen molar-refractivity contribution in [1.29, 1.82) is 0 Å². The molecule has 0 heterocycles. The highest BCUT2D eigenvalue weighted by Gasteiger charge is 2.14. The highest BCUT2D eigenvalue weighted by molar-refractivity contribution is 5.76. The molecule has 0 aliphatic rings. The van der Waals surface area contributed by atoms with Gasteiger partial charge in [0, 0.05) is 5.92 Å². The van der Waals surface area contributed by atoms with Crippen LogP contribution in [0.2, 0.25) is 0 Å². The summed E-state index contributed by atoms with van der Waals surface area (Å²) in [5, 5.41) is 9.97. The third-order valence-electron chi connectivity index (χ3n) is 5.54.